The third-order valence-electron chi connectivity index (χ3n) is 1.69. The van der Waals surface area contributed by atoms with E-state index < -0.39 is 35.4 Å². The van der Waals surface area contributed by atoms with E-state index in [2.05, 4.69) is 9.72 Å². The quantitative estimate of drug-likeness (QED) is 0.460. The van der Waals surface area contributed by atoms with Crippen LogP contribution in [0.25, 0.3) is 0 Å². The molecule has 0 saturated carbocycles. The van der Waals surface area contributed by atoms with Crippen molar-refractivity contribution in [3.05, 3.63) is 29.1 Å². The first kappa shape index (κ1) is 12.4. The van der Waals surface area contributed by atoms with Gasteiger partial charge in [-0.15, -0.1) is 0 Å². The monoisotopic (exact) mass is 237 g/mol. The van der Waals surface area contributed by atoms with Crippen molar-refractivity contribution in [3.63, 3.8) is 0 Å². The number of pyridine rings is 1. The van der Waals surface area contributed by atoms with Crippen LogP contribution in [-0.4, -0.2) is 17.6 Å². The van der Waals surface area contributed by atoms with Gasteiger partial charge in [-0.25, -0.2) is 13.6 Å². The van der Waals surface area contributed by atoms with E-state index in [0.717, 1.165) is 0 Å². The lowest BCUT2D eigenvalue weighted by Gasteiger charge is -2.06. The van der Waals surface area contributed by atoms with Crippen molar-refractivity contribution < 1.29 is 27.1 Å². The van der Waals surface area contributed by atoms with E-state index in [1.165, 1.54) is 6.92 Å². The number of nitrogens with zero attached hydrogens (tertiary/aromatic N) is 1. The fourth-order valence-corrected chi connectivity index (χ4v) is 0.991. The Morgan fingerprint density at radius 2 is 2.06 bits per heavy atom. The van der Waals surface area contributed by atoms with Gasteiger partial charge in [-0.3, -0.25) is 0 Å². The molecular weight excluding hydrogens is 230 g/mol. The van der Waals surface area contributed by atoms with Gasteiger partial charge in [-0.05, 0) is 13.0 Å². The second-order valence-corrected chi connectivity index (χ2v) is 2.73. The fraction of sp³-hybridized carbons (Fsp3) is 0.333. The molecule has 0 amide bonds. The molecule has 7 heteroatoms. The molecular formula is C9H7F4NO2. The molecule has 0 aliphatic rings. The summed E-state index contributed by atoms with van der Waals surface area (Å²) in [4.78, 5) is 13.7. The number of esters is 1. The molecule has 0 atom stereocenters. The first-order chi connectivity index (χ1) is 7.47. The zero-order valence-corrected chi connectivity index (χ0v) is 8.14. The predicted molar refractivity (Wildman–Crippen MR) is 45.1 cm³/mol. The molecule has 0 unspecified atom stereocenters. The minimum atomic E-state index is -3.18. The average molecular weight is 237 g/mol. The fourth-order valence-electron chi connectivity index (χ4n) is 0.991. The van der Waals surface area contributed by atoms with Gasteiger partial charge in [0, 0.05) is 0 Å². The Labute approximate surface area is 88.0 Å². The Hall–Kier alpha value is -1.66. The van der Waals surface area contributed by atoms with Gasteiger partial charge in [-0.2, -0.15) is 13.8 Å². The van der Waals surface area contributed by atoms with Gasteiger partial charge < -0.3 is 4.74 Å². The summed E-state index contributed by atoms with van der Waals surface area (Å²) in [6.07, 6.45) is -3.18. The number of carbonyl (C=O) groups is 1. The van der Waals surface area contributed by atoms with Crippen LogP contribution < -0.4 is 0 Å². The number of rotatable bonds is 3. The zero-order valence-electron chi connectivity index (χ0n) is 8.14. The second-order valence-electron chi connectivity index (χ2n) is 2.73. The topological polar surface area (TPSA) is 39.2 Å². The summed E-state index contributed by atoms with van der Waals surface area (Å²) in [5, 5.41) is 0. The van der Waals surface area contributed by atoms with E-state index >= 15 is 0 Å². The Balaban J connectivity index is 3.19. The molecule has 0 spiro atoms. The Kier molecular flexibility index (Phi) is 3.81. The Bertz CT molecular complexity index is 409. The van der Waals surface area contributed by atoms with Crippen molar-refractivity contribution in [2.24, 2.45) is 0 Å². The highest BCUT2D eigenvalue weighted by Gasteiger charge is 2.22. The number of aromatic nitrogens is 1. The van der Waals surface area contributed by atoms with Crippen molar-refractivity contribution in [1.29, 1.82) is 0 Å². The average Bonchev–Trinajstić information content (AvgIpc) is 2.17. The molecule has 0 aliphatic carbocycles. The zero-order chi connectivity index (χ0) is 12.3. The Morgan fingerprint density at radius 3 is 2.56 bits per heavy atom. The van der Waals surface area contributed by atoms with E-state index in [1.807, 2.05) is 0 Å². The summed E-state index contributed by atoms with van der Waals surface area (Å²) in [7, 11) is 0. The van der Waals surface area contributed by atoms with Crippen LogP contribution in [0.3, 0.4) is 0 Å². The van der Waals surface area contributed by atoms with Crippen LogP contribution in [0.15, 0.2) is 6.07 Å². The summed E-state index contributed by atoms with van der Waals surface area (Å²) in [5.41, 5.74) is -1.94. The molecule has 1 rings (SSSR count). The number of halogens is 4. The van der Waals surface area contributed by atoms with Gasteiger partial charge in [0.15, 0.2) is 0 Å². The molecule has 1 heterocycles. The molecule has 1 aromatic heterocycles. The molecule has 0 bridgehead atoms. The number of hydrogen-bond donors (Lipinski definition) is 0. The molecule has 0 radical (unpaired) electrons. The van der Waals surface area contributed by atoms with Gasteiger partial charge in [0.05, 0.1) is 12.2 Å². The molecule has 3 nitrogen and oxygen atoms in total. The van der Waals surface area contributed by atoms with E-state index in [-0.39, 0.29) is 6.61 Å². The summed E-state index contributed by atoms with van der Waals surface area (Å²) < 4.78 is 54.6. The largest absolute Gasteiger partial charge is 0.462 e. The molecule has 0 saturated heterocycles. The molecule has 88 valence electrons. The van der Waals surface area contributed by atoms with Crippen LogP contribution in [0.4, 0.5) is 17.6 Å². The van der Waals surface area contributed by atoms with Gasteiger partial charge >= 0.3 is 5.97 Å². The lowest BCUT2D eigenvalue weighted by molar-refractivity contribution is 0.0518. The lowest BCUT2D eigenvalue weighted by atomic mass is 10.2. The predicted octanol–water partition coefficient (Wildman–Crippen LogP) is 2.47. The molecule has 0 N–H and O–H groups in total. The summed E-state index contributed by atoms with van der Waals surface area (Å²) in [6.45, 7) is 1.40. The SMILES string of the molecule is CCOC(=O)c1cc(C(F)F)c(F)nc1F. The lowest BCUT2D eigenvalue weighted by Crippen LogP contribution is -2.11. The highest BCUT2D eigenvalue weighted by molar-refractivity contribution is 5.89. The smallest absolute Gasteiger partial charge is 0.342 e. The minimum absolute atomic E-state index is 0.0559. The van der Waals surface area contributed by atoms with E-state index in [0.29, 0.717) is 6.07 Å². The summed E-state index contributed by atoms with van der Waals surface area (Å²) >= 11 is 0. The van der Waals surface area contributed by atoms with Crippen LogP contribution in [0, 0.1) is 11.9 Å². The number of hydrogen-bond acceptors (Lipinski definition) is 3. The minimum Gasteiger partial charge on any atom is -0.462 e. The van der Waals surface area contributed by atoms with Gasteiger partial charge in [0.1, 0.15) is 5.56 Å². The maximum Gasteiger partial charge on any atom is 0.342 e. The van der Waals surface area contributed by atoms with E-state index in [1.54, 1.807) is 0 Å². The van der Waals surface area contributed by atoms with E-state index in [9.17, 15) is 22.4 Å². The van der Waals surface area contributed by atoms with Gasteiger partial charge in [-0.1, -0.05) is 0 Å². The summed E-state index contributed by atoms with van der Waals surface area (Å²) in [5.74, 6) is -4.27. The maximum absolute atomic E-state index is 13.0. The second kappa shape index (κ2) is 4.91. The Morgan fingerprint density at radius 1 is 1.44 bits per heavy atom. The van der Waals surface area contributed by atoms with Crippen molar-refractivity contribution in [2.45, 2.75) is 13.3 Å². The molecule has 1 aromatic rings. The van der Waals surface area contributed by atoms with Gasteiger partial charge in [0.25, 0.3) is 6.43 Å². The van der Waals surface area contributed by atoms with Crippen molar-refractivity contribution in [3.8, 4) is 0 Å². The van der Waals surface area contributed by atoms with Crippen LogP contribution in [0.1, 0.15) is 29.3 Å². The highest BCUT2D eigenvalue weighted by atomic mass is 19.3. The van der Waals surface area contributed by atoms with Gasteiger partial charge in [0.2, 0.25) is 11.9 Å². The highest BCUT2D eigenvalue weighted by Crippen LogP contribution is 2.23. The maximum atomic E-state index is 13.0. The summed E-state index contributed by atoms with van der Waals surface area (Å²) in [6, 6.07) is 0.403. The molecule has 0 aromatic carbocycles. The first-order valence-corrected chi connectivity index (χ1v) is 4.28. The standard InChI is InChI=1S/C9H7F4NO2/c1-2-16-9(15)5-3-4(6(10)11)7(12)14-8(5)13/h3,6H,2H2,1H3. The van der Waals surface area contributed by atoms with Crippen LogP contribution >= 0.6 is 0 Å². The third kappa shape index (κ3) is 2.47. The van der Waals surface area contributed by atoms with Crippen molar-refractivity contribution >= 4 is 5.97 Å². The van der Waals surface area contributed by atoms with Crippen LogP contribution in [0.5, 0.6) is 0 Å². The number of alkyl halides is 2. The van der Waals surface area contributed by atoms with Crippen molar-refractivity contribution in [2.75, 3.05) is 6.61 Å². The third-order valence-corrected chi connectivity index (χ3v) is 1.69. The van der Waals surface area contributed by atoms with Crippen molar-refractivity contribution in [1.82, 2.24) is 4.98 Å². The number of carbonyl (C=O) groups excluding carboxylic acids is 1. The molecule has 16 heavy (non-hydrogen) atoms. The first-order valence-electron chi connectivity index (χ1n) is 4.28. The molecule has 0 aliphatic heterocycles. The molecule has 0 fully saturated rings. The number of ether oxygens (including phenoxy) is 1. The van der Waals surface area contributed by atoms with E-state index in [4.69, 9.17) is 0 Å². The van der Waals surface area contributed by atoms with Crippen LogP contribution in [-0.2, 0) is 4.74 Å². The van der Waals surface area contributed by atoms with Crippen LogP contribution in [0.2, 0.25) is 0 Å². The normalized spacial score (nSPS) is 10.6.